The van der Waals surface area contributed by atoms with Gasteiger partial charge in [0.1, 0.15) is 5.54 Å². The van der Waals surface area contributed by atoms with Crippen molar-refractivity contribution in [2.45, 2.75) is 25.9 Å². The molecule has 8 heteroatoms. The maximum atomic E-state index is 12.6. The third kappa shape index (κ3) is 4.33. The average molecular weight is 355 g/mol. The number of likely N-dealkylation sites (N-methyl/N-ethyl adjacent to an activating group) is 1. The molecule has 0 aliphatic rings. The number of hydrogen-bond acceptors (Lipinski definition) is 4. The van der Waals surface area contributed by atoms with Crippen LogP contribution in [0, 0.1) is 0 Å². The lowest BCUT2D eigenvalue weighted by molar-refractivity contribution is -0.141. The van der Waals surface area contributed by atoms with Crippen LogP contribution in [-0.2, 0) is 21.7 Å². The molecule has 2 amide bonds. The second kappa shape index (κ2) is 7.14. The van der Waals surface area contributed by atoms with Crippen molar-refractivity contribution in [1.82, 2.24) is 20.0 Å². The van der Waals surface area contributed by atoms with E-state index in [4.69, 9.17) is 11.6 Å². The standard InChI is InChI=1S/C15H19ClN4O2S/c1-15(2,20-9-11(16)7-18-20)14(22)19(3)10-13(21)17-8-12-5-4-6-23-12/h4-7,9H,8,10H2,1-3H3,(H,17,21). The van der Waals surface area contributed by atoms with E-state index in [-0.39, 0.29) is 18.4 Å². The fourth-order valence-electron chi connectivity index (χ4n) is 2.11. The topological polar surface area (TPSA) is 67.2 Å². The van der Waals surface area contributed by atoms with Gasteiger partial charge in [-0.25, -0.2) is 0 Å². The number of nitrogens with zero attached hydrogens (tertiary/aromatic N) is 3. The van der Waals surface area contributed by atoms with Crippen molar-refractivity contribution in [2.75, 3.05) is 13.6 Å². The highest BCUT2D eigenvalue weighted by Gasteiger charge is 2.33. The van der Waals surface area contributed by atoms with Crippen LogP contribution in [0.2, 0.25) is 5.02 Å². The van der Waals surface area contributed by atoms with Gasteiger partial charge < -0.3 is 10.2 Å². The second-order valence-corrected chi connectivity index (χ2v) is 7.15. The van der Waals surface area contributed by atoms with Gasteiger partial charge >= 0.3 is 0 Å². The van der Waals surface area contributed by atoms with E-state index >= 15 is 0 Å². The van der Waals surface area contributed by atoms with Gasteiger partial charge in [-0.05, 0) is 25.3 Å². The maximum absolute atomic E-state index is 12.6. The van der Waals surface area contributed by atoms with E-state index in [0.29, 0.717) is 11.6 Å². The molecule has 23 heavy (non-hydrogen) atoms. The molecule has 0 aliphatic carbocycles. The summed E-state index contributed by atoms with van der Waals surface area (Å²) in [6.45, 7) is 3.93. The molecule has 0 aliphatic heterocycles. The molecule has 2 aromatic heterocycles. The molecule has 2 rings (SSSR count). The number of nitrogens with one attached hydrogen (secondary N) is 1. The van der Waals surface area contributed by atoms with Crippen molar-refractivity contribution in [2.24, 2.45) is 0 Å². The largest absolute Gasteiger partial charge is 0.350 e. The molecule has 0 spiro atoms. The van der Waals surface area contributed by atoms with Crippen LogP contribution in [0.5, 0.6) is 0 Å². The number of hydrogen-bond donors (Lipinski definition) is 1. The molecule has 0 saturated carbocycles. The maximum Gasteiger partial charge on any atom is 0.250 e. The van der Waals surface area contributed by atoms with Gasteiger partial charge in [-0.3, -0.25) is 14.3 Å². The molecule has 1 N–H and O–H groups in total. The van der Waals surface area contributed by atoms with Gasteiger partial charge in [0.05, 0.1) is 24.3 Å². The average Bonchev–Trinajstić information content (AvgIpc) is 3.15. The number of carbonyl (C=O) groups is 2. The molecular formula is C15H19ClN4O2S. The first-order valence-electron chi connectivity index (χ1n) is 7.06. The lowest BCUT2D eigenvalue weighted by atomic mass is 10.0. The zero-order chi connectivity index (χ0) is 17.0. The Hall–Kier alpha value is -1.86. The highest BCUT2D eigenvalue weighted by Crippen LogP contribution is 2.19. The van der Waals surface area contributed by atoms with Gasteiger partial charge in [-0.15, -0.1) is 11.3 Å². The summed E-state index contributed by atoms with van der Waals surface area (Å²) in [6.07, 6.45) is 3.06. The number of amides is 2. The summed E-state index contributed by atoms with van der Waals surface area (Å²) >= 11 is 7.43. The molecule has 0 atom stereocenters. The Morgan fingerprint density at radius 3 is 2.78 bits per heavy atom. The molecular weight excluding hydrogens is 336 g/mol. The third-order valence-corrected chi connectivity index (χ3v) is 4.49. The minimum absolute atomic E-state index is 0.0113. The van der Waals surface area contributed by atoms with Gasteiger partial charge in [0.25, 0.3) is 0 Å². The van der Waals surface area contributed by atoms with Crippen LogP contribution in [0.25, 0.3) is 0 Å². The van der Waals surface area contributed by atoms with Gasteiger partial charge in [0, 0.05) is 18.1 Å². The van der Waals surface area contributed by atoms with Crippen molar-refractivity contribution < 1.29 is 9.59 Å². The van der Waals surface area contributed by atoms with Crippen molar-refractivity contribution >= 4 is 34.8 Å². The SMILES string of the molecule is CN(CC(=O)NCc1cccs1)C(=O)C(C)(C)n1cc(Cl)cn1. The smallest absolute Gasteiger partial charge is 0.250 e. The van der Waals surface area contributed by atoms with Crippen LogP contribution >= 0.6 is 22.9 Å². The lowest BCUT2D eigenvalue weighted by Crippen LogP contribution is -2.48. The second-order valence-electron chi connectivity index (χ2n) is 5.68. The van der Waals surface area contributed by atoms with E-state index in [0.717, 1.165) is 4.88 Å². The molecule has 0 unspecified atom stereocenters. The summed E-state index contributed by atoms with van der Waals surface area (Å²) in [7, 11) is 1.60. The molecule has 0 fully saturated rings. The fraction of sp³-hybridized carbons (Fsp3) is 0.400. The normalized spacial score (nSPS) is 11.3. The quantitative estimate of drug-likeness (QED) is 0.863. The highest BCUT2D eigenvalue weighted by atomic mass is 35.5. The van der Waals surface area contributed by atoms with E-state index in [1.165, 1.54) is 15.8 Å². The first kappa shape index (κ1) is 17.5. The van der Waals surface area contributed by atoms with Crippen molar-refractivity contribution in [3.63, 3.8) is 0 Å². The molecule has 0 saturated heterocycles. The Morgan fingerprint density at radius 2 is 2.22 bits per heavy atom. The molecule has 124 valence electrons. The number of thiophene rings is 1. The molecule has 0 bridgehead atoms. The van der Waals surface area contributed by atoms with Crippen molar-refractivity contribution in [3.05, 3.63) is 39.8 Å². The summed E-state index contributed by atoms with van der Waals surface area (Å²) in [6, 6.07) is 3.88. The van der Waals surface area contributed by atoms with Gasteiger partial charge in [-0.2, -0.15) is 5.10 Å². The number of aromatic nitrogens is 2. The Morgan fingerprint density at radius 1 is 1.48 bits per heavy atom. The molecule has 0 radical (unpaired) electrons. The first-order chi connectivity index (χ1) is 10.8. The first-order valence-corrected chi connectivity index (χ1v) is 8.32. The van der Waals surface area contributed by atoms with E-state index in [9.17, 15) is 9.59 Å². The Kier molecular flexibility index (Phi) is 5.43. The van der Waals surface area contributed by atoms with E-state index < -0.39 is 5.54 Å². The Bertz CT molecular complexity index is 681. The van der Waals surface area contributed by atoms with E-state index in [1.807, 2.05) is 17.5 Å². The summed E-state index contributed by atoms with van der Waals surface area (Å²) in [5, 5.41) is 9.29. The molecule has 0 aromatic carbocycles. The van der Waals surface area contributed by atoms with Gasteiger partial charge in [-0.1, -0.05) is 17.7 Å². The van der Waals surface area contributed by atoms with Crippen LogP contribution in [0.15, 0.2) is 29.9 Å². The number of carbonyl (C=O) groups excluding carboxylic acids is 2. The predicted octanol–water partition coefficient (Wildman–Crippen LogP) is 2.11. The van der Waals surface area contributed by atoms with Gasteiger partial charge in [0.2, 0.25) is 11.8 Å². The minimum atomic E-state index is -0.921. The van der Waals surface area contributed by atoms with Crippen LogP contribution in [-0.4, -0.2) is 40.1 Å². The third-order valence-electron chi connectivity index (χ3n) is 3.41. The van der Waals surface area contributed by atoms with Crippen LogP contribution in [0.4, 0.5) is 0 Å². The number of rotatable bonds is 6. The lowest BCUT2D eigenvalue weighted by Gasteiger charge is -2.29. The van der Waals surface area contributed by atoms with Gasteiger partial charge in [0.15, 0.2) is 0 Å². The van der Waals surface area contributed by atoms with Crippen LogP contribution in [0.1, 0.15) is 18.7 Å². The molecule has 6 nitrogen and oxygen atoms in total. The van der Waals surface area contributed by atoms with Crippen LogP contribution < -0.4 is 5.32 Å². The Labute approximate surface area is 144 Å². The predicted molar refractivity (Wildman–Crippen MR) is 90.4 cm³/mol. The van der Waals surface area contributed by atoms with Crippen LogP contribution in [0.3, 0.4) is 0 Å². The molecule has 2 aromatic rings. The summed E-state index contributed by atoms with van der Waals surface area (Å²) in [5.41, 5.74) is -0.921. The zero-order valence-corrected chi connectivity index (χ0v) is 14.8. The van der Waals surface area contributed by atoms with E-state index in [1.54, 1.807) is 38.4 Å². The zero-order valence-electron chi connectivity index (χ0n) is 13.2. The summed E-state index contributed by atoms with van der Waals surface area (Å²) in [5.74, 6) is -0.424. The minimum Gasteiger partial charge on any atom is -0.350 e. The van der Waals surface area contributed by atoms with E-state index in [2.05, 4.69) is 10.4 Å². The Balaban J connectivity index is 1.92. The highest BCUT2D eigenvalue weighted by molar-refractivity contribution is 7.09. The summed E-state index contributed by atoms with van der Waals surface area (Å²) < 4.78 is 1.50. The van der Waals surface area contributed by atoms with Crippen molar-refractivity contribution in [3.8, 4) is 0 Å². The summed E-state index contributed by atoms with van der Waals surface area (Å²) in [4.78, 5) is 27.0. The fourth-order valence-corrected chi connectivity index (χ4v) is 2.89. The molecule has 2 heterocycles. The monoisotopic (exact) mass is 354 g/mol. The number of halogens is 1. The van der Waals surface area contributed by atoms with Crippen molar-refractivity contribution in [1.29, 1.82) is 0 Å².